The maximum Gasteiger partial charge on any atom is 0.0698 e. The van der Waals surface area contributed by atoms with Crippen LogP contribution < -0.4 is 5.73 Å². The summed E-state index contributed by atoms with van der Waals surface area (Å²) in [4.78, 5) is 2.53. The molecule has 1 aromatic rings. The van der Waals surface area contributed by atoms with Crippen LogP contribution in [0.3, 0.4) is 0 Å². The number of piperidine rings is 1. The molecule has 3 nitrogen and oxygen atoms in total. The van der Waals surface area contributed by atoms with Gasteiger partial charge in [0, 0.05) is 25.7 Å². The van der Waals surface area contributed by atoms with Crippen molar-refractivity contribution < 1.29 is 4.74 Å². The van der Waals surface area contributed by atoms with E-state index in [-0.39, 0.29) is 6.04 Å². The van der Waals surface area contributed by atoms with Gasteiger partial charge in [-0.15, -0.1) is 0 Å². The van der Waals surface area contributed by atoms with Crippen LogP contribution in [0.15, 0.2) is 30.3 Å². The lowest BCUT2D eigenvalue weighted by molar-refractivity contribution is -0.000150. The summed E-state index contributed by atoms with van der Waals surface area (Å²) in [5.74, 6) is 0.529. The highest BCUT2D eigenvalue weighted by molar-refractivity contribution is 5.20. The van der Waals surface area contributed by atoms with Crippen LogP contribution in [0.4, 0.5) is 0 Å². The third-order valence-corrected chi connectivity index (χ3v) is 4.40. The molecule has 2 N–H and O–H groups in total. The summed E-state index contributed by atoms with van der Waals surface area (Å²) in [6, 6.07) is 10.9. The topological polar surface area (TPSA) is 38.5 Å². The minimum Gasteiger partial charge on any atom is -0.380 e. The lowest BCUT2D eigenvalue weighted by Gasteiger charge is -2.42. The average molecular weight is 276 g/mol. The van der Waals surface area contributed by atoms with Crippen molar-refractivity contribution in [3.63, 3.8) is 0 Å². The standard InChI is InChI=1S/C17H28N2O/c1-13(2)17(16(18)14-8-5-4-6-9-14)19-11-7-10-15(12-19)20-3/h4-6,8-9,13,15-17H,7,10-12,18H2,1-3H3. The van der Waals surface area contributed by atoms with Crippen LogP contribution in [0.1, 0.15) is 38.3 Å². The van der Waals surface area contributed by atoms with Gasteiger partial charge in [-0.05, 0) is 30.9 Å². The van der Waals surface area contributed by atoms with Gasteiger partial charge in [-0.1, -0.05) is 44.2 Å². The fourth-order valence-electron chi connectivity index (χ4n) is 3.37. The Kier molecular flexibility index (Phi) is 5.58. The number of hydrogen-bond acceptors (Lipinski definition) is 3. The van der Waals surface area contributed by atoms with Crippen molar-refractivity contribution in [3.8, 4) is 0 Å². The molecule has 112 valence electrons. The van der Waals surface area contributed by atoms with Crippen molar-refractivity contribution in [2.75, 3.05) is 20.2 Å². The Morgan fingerprint density at radius 1 is 1.25 bits per heavy atom. The largest absolute Gasteiger partial charge is 0.380 e. The summed E-state index contributed by atoms with van der Waals surface area (Å²) in [6.07, 6.45) is 2.72. The average Bonchev–Trinajstić information content (AvgIpc) is 2.48. The highest BCUT2D eigenvalue weighted by atomic mass is 16.5. The van der Waals surface area contributed by atoms with Crippen LogP contribution in [0.5, 0.6) is 0 Å². The van der Waals surface area contributed by atoms with Crippen LogP contribution in [0.25, 0.3) is 0 Å². The molecule has 3 atom stereocenters. The molecular formula is C17H28N2O. The molecule has 20 heavy (non-hydrogen) atoms. The molecule has 0 aromatic heterocycles. The number of methoxy groups -OCH3 is 1. The van der Waals surface area contributed by atoms with Gasteiger partial charge in [0.15, 0.2) is 0 Å². The third kappa shape index (κ3) is 3.60. The van der Waals surface area contributed by atoms with Gasteiger partial charge in [0.1, 0.15) is 0 Å². The first-order chi connectivity index (χ1) is 9.63. The monoisotopic (exact) mass is 276 g/mol. The second-order valence-corrected chi connectivity index (χ2v) is 6.17. The molecule has 3 heteroatoms. The smallest absolute Gasteiger partial charge is 0.0698 e. The minimum atomic E-state index is 0.0619. The summed E-state index contributed by atoms with van der Waals surface area (Å²) in [5.41, 5.74) is 7.80. The van der Waals surface area contributed by atoms with Gasteiger partial charge in [-0.25, -0.2) is 0 Å². The quantitative estimate of drug-likeness (QED) is 0.898. The molecule has 3 unspecified atom stereocenters. The summed E-state index contributed by atoms with van der Waals surface area (Å²) < 4.78 is 5.55. The van der Waals surface area contributed by atoms with E-state index in [1.54, 1.807) is 0 Å². The number of ether oxygens (including phenoxy) is 1. The van der Waals surface area contributed by atoms with Crippen LogP contribution in [0, 0.1) is 5.92 Å². The van der Waals surface area contributed by atoms with E-state index < -0.39 is 0 Å². The Bertz CT molecular complexity index is 393. The molecule has 1 heterocycles. The van der Waals surface area contributed by atoms with Gasteiger partial charge in [0.25, 0.3) is 0 Å². The zero-order valence-corrected chi connectivity index (χ0v) is 13.0. The van der Waals surface area contributed by atoms with Gasteiger partial charge in [0.2, 0.25) is 0 Å². The molecule has 0 spiro atoms. The van der Waals surface area contributed by atoms with E-state index in [0.717, 1.165) is 13.1 Å². The molecule has 0 radical (unpaired) electrons. The Balaban J connectivity index is 2.14. The van der Waals surface area contributed by atoms with Crippen molar-refractivity contribution in [2.24, 2.45) is 11.7 Å². The van der Waals surface area contributed by atoms with E-state index in [1.807, 2.05) is 13.2 Å². The second kappa shape index (κ2) is 7.21. The molecule has 0 bridgehead atoms. The maximum absolute atomic E-state index is 6.58. The van der Waals surface area contributed by atoms with Crippen molar-refractivity contribution in [1.29, 1.82) is 0 Å². The number of rotatable bonds is 5. The van der Waals surface area contributed by atoms with E-state index in [1.165, 1.54) is 18.4 Å². The molecule has 1 aromatic carbocycles. The summed E-state index contributed by atoms with van der Waals surface area (Å²) >= 11 is 0. The van der Waals surface area contributed by atoms with Crippen LogP contribution in [-0.4, -0.2) is 37.2 Å². The number of nitrogens with zero attached hydrogens (tertiary/aromatic N) is 1. The van der Waals surface area contributed by atoms with Gasteiger partial charge in [0.05, 0.1) is 6.10 Å². The Morgan fingerprint density at radius 2 is 1.95 bits per heavy atom. The minimum absolute atomic E-state index is 0.0619. The first kappa shape index (κ1) is 15.5. The molecule has 0 saturated carbocycles. The Morgan fingerprint density at radius 3 is 2.55 bits per heavy atom. The SMILES string of the molecule is COC1CCCN(C(C(C)C)C(N)c2ccccc2)C1. The number of benzene rings is 1. The molecule has 2 rings (SSSR count). The third-order valence-electron chi connectivity index (χ3n) is 4.40. The van der Waals surface area contributed by atoms with Crippen LogP contribution >= 0.6 is 0 Å². The fraction of sp³-hybridized carbons (Fsp3) is 0.647. The van der Waals surface area contributed by atoms with Crippen LogP contribution in [-0.2, 0) is 4.74 Å². The number of nitrogens with two attached hydrogens (primary N) is 1. The molecular weight excluding hydrogens is 248 g/mol. The lowest BCUT2D eigenvalue weighted by atomic mass is 9.89. The lowest BCUT2D eigenvalue weighted by Crippen LogP contribution is -2.51. The molecule has 1 aliphatic heterocycles. The van der Waals surface area contributed by atoms with E-state index in [0.29, 0.717) is 18.1 Å². The van der Waals surface area contributed by atoms with Crippen molar-refractivity contribution in [1.82, 2.24) is 4.90 Å². The van der Waals surface area contributed by atoms with E-state index >= 15 is 0 Å². The van der Waals surface area contributed by atoms with Crippen molar-refractivity contribution in [2.45, 2.75) is 44.9 Å². The Hall–Kier alpha value is -0.900. The summed E-state index contributed by atoms with van der Waals surface area (Å²) in [7, 11) is 1.82. The van der Waals surface area contributed by atoms with E-state index in [9.17, 15) is 0 Å². The molecule has 0 aliphatic carbocycles. The molecule has 1 aliphatic rings. The second-order valence-electron chi connectivity index (χ2n) is 6.17. The summed E-state index contributed by atoms with van der Waals surface area (Å²) in [6.45, 7) is 6.66. The van der Waals surface area contributed by atoms with Crippen molar-refractivity contribution in [3.05, 3.63) is 35.9 Å². The van der Waals surface area contributed by atoms with E-state index in [2.05, 4.69) is 43.0 Å². The van der Waals surface area contributed by atoms with Gasteiger partial charge >= 0.3 is 0 Å². The molecule has 0 amide bonds. The van der Waals surface area contributed by atoms with Crippen molar-refractivity contribution >= 4 is 0 Å². The highest BCUT2D eigenvalue weighted by Gasteiger charge is 2.32. The summed E-state index contributed by atoms with van der Waals surface area (Å²) in [5, 5.41) is 0. The van der Waals surface area contributed by atoms with Crippen LogP contribution in [0.2, 0.25) is 0 Å². The molecule has 1 fully saturated rings. The zero-order valence-electron chi connectivity index (χ0n) is 13.0. The first-order valence-corrected chi connectivity index (χ1v) is 7.71. The highest BCUT2D eigenvalue weighted by Crippen LogP contribution is 2.27. The molecule has 1 saturated heterocycles. The van der Waals surface area contributed by atoms with Gasteiger partial charge in [-0.2, -0.15) is 0 Å². The maximum atomic E-state index is 6.58. The fourth-order valence-corrected chi connectivity index (χ4v) is 3.37. The van der Waals surface area contributed by atoms with E-state index in [4.69, 9.17) is 10.5 Å². The van der Waals surface area contributed by atoms with Gasteiger partial charge < -0.3 is 10.5 Å². The predicted octanol–water partition coefficient (Wildman–Crippen LogP) is 2.82. The van der Waals surface area contributed by atoms with Gasteiger partial charge in [-0.3, -0.25) is 4.90 Å². The predicted molar refractivity (Wildman–Crippen MR) is 83.6 cm³/mol. The Labute approximate surface area is 123 Å². The number of likely N-dealkylation sites (tertiary alicyclic amines) is 1. The normalized spacial score (nSPS) is 23.8. The number of hydrogen-bond donors (Lipinski definition) is 1. The first-order valence-electron chi connectivity index (χ1n) is 7.71. The zero-order chi connectivity index (χ0) is 14.5.